The molecule has 108 valence electrons. The van der Waals surface area contributed by atoms with E-state index in [4.69, 9.17) is 0 Å². The number of aromatic nitrogens is 3. The summed E-state index contributed by atoms with van der Waals surface area (Å²) in [5.41, 5.74) is 2.28. The molecule has 1 amide bonds. The largest absolute Gasteiger partial charge is 0.340 e. The Labute approximate surface area is 126 Å². The van der Waals surface area contributed by atoms with Crippen LogP contribution in [-0.2, 0) is 0 Å². The molecule has 6 nitrogen and oxygen atoms in total. The van der Waals surface area contributed by atoms with Gasteiger partial charge in [-0.15, -0.1) is 11.3 Å². The van der Waals surface area contributed by atoms with E-state index in [9.17, 15) is 4.79 Å². The summed E-state index contributed by atoms with van der Waals surface area (Å²) < 4.78 is 0. The molecule has 0 aliphatic carbocycles. The highest BCUT2D eigenvalue weighted by molar-refractivity contribution is 7.07. The maximum atomic E-state index is 12.3. The van der Waals surface area contributed by atoms with Gasteiger partial charge in [0.05, 0.1) is 5.51 Å². The lowest BCUT2D eigenvalue weighted by atomic mass is 10.0. The molecule has 2 aliphatic rings. The number of hydrogen-bond acceptors (Lipinski definition) is 6. The van der Waals surface area contributed by atoms with Gasteiger partial charge in [-0.25, -0.2) is 15.0 Å². The third-order valence-electron chi connectivity index (χ3n) is 4.26. The fraction of sp³-hybridized carbons (Fsp3) is 0.429. The van der Waals surface area contributed by atoms with Crippen molar-refractivity contribution in [3.63, 3.8) is 0 Å². The maximum Gasteiger partial charge on any atom is 0.273 e. The van der Waals surface area contributed by atoms with Crippen LogP contribution in [0.2, 0.25) is 0 Å². The van der Waals surface area contributed by atoms with Crippen molar-refractivity contribution in [3.05, 3.63) is 35.0 Å². The molecule has 0 radical (unpaired) electrons. The highest BCUT2D eigenvalue weighted by atomic mass is 32.1. The summed E-state index contributed by atoms with van der Waals surface area (Å²) in [5, 5.41) is 1.82. The van der Waals surface area contributed by atoms with Gasteiger partial charge < -0.3 is 9.80 Å². The van der Waals surface area contributed by atoms with Crippen molar-refractivity contribution in [3.8, 4) is 0 Å². The first-order valence-electron chi connectivity index (χ1n) is 7.00. The van der Waals surface area contributed by atoms with Gasteiger partial charge in [0.2, 0.25) is 5.95 Å². The van der Waals surface area contributed by atoms with Crippen LogP contribution in [0.3, 0.4) is 0 Å². The zero-order valence-electron chi connectivity index (χ0n) is 11.4. The van der Waals surface area contributed by atoms with Crippen LogP contribution in [-0.4, -0.2) is 51.9 Å². The van der Waals surface area contributed by atoms with Crippen LogP contribution in [0.1, 0.15) is 10.5 Å². The van der Waals surface area contributed by atoms with Gasteiger partial charge >= 0.3 is 0 Å². The predicted octanol–water partition coefficient (Wildman–Crippen LogP) is 1.14. The second-order valence-electron chi connectivity index (χ2n) is 5.56. The van der Waals surface area contributed by atoms with Gasteiger partial charge in [-0.2, -0.15) is 0 Å². The van der Waals surface area contributed by atoms with Crippen molar-refractivity contribution >= 4 is 23.2 Å². The van der Waals surface area contributed by atoms with Gasteiger partial charge in [-0.05, 0) is 6.07 Å². The molecule has 4 rings (SSSR count). The maximum absolute atomic E-state index is 12.3. The van der Waals surface area contributed by atoms with Gasteiger partial charge in [0.15, 0.2) is 0 Å². The van der Waals surface area contributed by atoms with Crippen molar-refractivity contribution in [1.82, 2.24) is 19.9 Å². The fourth-order valence-electron chi connectivity index (χ4n) is 3.26. The molecule has 2 atom stereocenters. The minimum absolute atomic E-state index is 0.0631. The van der Waals surface area contributed by atoms with Crippen LogP contribution < -0.4 is 4.90 Å². The standard InChI is InChI=1S/C14H15N5OS/c20-13(12-8-21-9-17-12)18-4-10-6-19(7-11(10)5-18)14-15-2-1-3-16-14/h1-3,8-11H,4-7H2/t10-,11+. The molecular weight excluding hydrogens is 286 g/mol. The number of thiazole rings is 1. The van der Waals surface area contributed by atoms with E-state index in [0.717, 1.165) is 32.1 Å². The van der Waals surface area contributed by atoms with Crippen molar-refractivity contribution in [2.24, 2.45) is 11.8 Å². The van der Waals surface area contributed by atoms with Crippen LogP contribution in [0.5, 0.6) is 0 Å². The van der Waals surface area contributed by atoms with E-state index in [1.165, 1.54) is 11.3 Å². The fourth-order valence-corrected chi connectivity index (χ4v) is 3.78. The normalized spacial score (nSPS) is 24.4. The van der Waals surface area contributed by atoms with Crippen molar-refractivity contribution in [2.45, 2.75) is 0 Å². The van der Waals surface area contributed by atoms with E-state index in [0.29, 0.717) is 17.5 Å². The van der Waals surface area contributed by atoms with E-state index in [2.05, 4.69) is 19.9 Å². The molecule has 0 unspecified atom stereocenters. The third kappa shape index (κ3) is 2.27. The van der Waals surface area contributed by atoms with Crippen LogP contribution in [0.25, 0.3) is 0 Å². The van der Waals surface area contributed by atoms with Crippen molar-refractivity contribution in [1.29, 1.82) is 0 Å². The number of amides is 1. The lowest BCUT2D eigenvalue weighted by molar-refractivity contribution is 0.0777. The minimum Gasteiger partial charge on any atom is -0.340 e. The van der Waals surface area contributed by atoms with Crippen LogP contribution >= 0.6 is 11.3 Å². The van der Waals surface area contributed by atoms with Crippen LogP contribution in [0.4, 0.5) is 5.95 Å². The second-order valence-corrected chi connectivity index (χ2v) is 6.28. The first-order valence-corrected chi connectivity index (χ1v) is 7.95. The summed E-state index contributed by atoms with van der Waals surface area (Å²) >= 11 is 1.46. The molecule has 0 spiro atoms. The zero-order chi connectivity index (χ0) is 14.2. The summed E-state index contributed by atoms with van der Waals surface area (Å²) in [6.07, 6.45) is 3.54. The molecule has 0 saturated carbocycles. The topological polar surface area (TPSA) is 62.2 Å². The number of carbonyl (C=O) groups is 1. The average molecular weight is 301 g/mol. The Hall–Kier alpha value is -2.02. The highest BCUT2D eigenvalue weighted by Crippen LogP contribution is 2.33. The second kappa shape index (κ2) is 5.07. The summed E-state index contributed by atoms with van der Waals surface area (Å²) in [6.45, 7) is 3.47. The molecule has 2 aliphatic heterocycles. The molecule has 0 N–H and O–H groups in total. The number of likely N-dealkylation sites (tertiary alicyclic amines) is 1. The third-order valence-corrected chi connectivity index (χ3v) is 4.85. The number of rotatable bonds is 2. The van der Waals surface area contributed by atoms with E-state index in [-0.39, 0.29) is 5.91 Å². The van der Waals surface area contributed by atoms with Crippen molar-refractivity contribution < 1.29 is 4.79 Å². The summed E-state index contributed by atoms with van der Waals surface area (Å²) in [5.74, 6) is 1.88. The zero-order valence-corrected chi connectivity index (χ0v) is 12.2. The number of nitrogens with zero attached hydrogens (tertiary/aromatic N) is 5. The molecule has 7 heteroatoms. The molecule has 0 bridgehead atoms. The van der Waals surface area contributed by atoms with E-state index in [1.807, 2.05) is 16.3 Å². The Morgan fingerprint density at radius 1 is 1.10 bits per heavy atom. The Kier molecular flexibility index (Phi) is 3.07. The van der Waals surface area contributed by atoms with Gasteiger partial charge in [-0.1, -0.05) is 0 Å². The van der Waals surface area contributed by atoms with E-state index < -0.39 is 0 Å². The van der Waals surface area contributed by atoms with Crippen molar-refractivity contribution in [2.75, 3.05) is 31.1 Å². The Balaban J connectivity index is 1.43. The van der Waals surface area contributed by atoms with Gasteiger partial charge in [-0.3, -0.25) is 4.79 Å². The van der Waals surface area contributed by atoms with Gasteiger partial charge in [0, 0.05) is 55.8 Å². The predicted molar refractivity (Wildman–Crippen MR) is 79.2 cm³/mol. The van der Waals surface area contributed by atoms with Crippen LogP contribution in [0.15, 0.2) is 29.4 Å². The first kappa shape index (κ1) is 12.7. The smallest absolute Gasteiger partial charge is 0.273 e. The van der Waals surface area contributed by atoms with Gasteiger partial charge in [0.1, 0.15) is 5.69 Å². The number of carbonyl (C=O) groups excluding carboxylic acids is 1. The molecule has 2 saturated heterocycles. The molecule has 0 aromatic carbocycles. The van der Waals surface area contributed by atoms with E-state index in [1.54, 1.807) is 17.9 Å². The van der Waals surface area contributed by atoms with E-state index >= 15 is 0 Å². The summed E-state index contributed by atoms with van der Waals surface area (Å²) in [7, 11) is 0. The molecule has 2 aromatic heterocycles. The number of fused-ring (bicyclic) bond motifs is 1. The molecule has 4 heterocycles. The van der Waals surface area contributed by atoms with Gasteiger partial charge in [0.25, 0.3) is 5.91 Å². The molecule has 2 aromatic rings. The lowest BCUT2D eigenvalue weighted by Crippen LogP contribution is -2.33. The molecule has 2 fully saturated rings. The first-order chi connectivity index (χ1) is 10.3. The number of hydrogen-bond donors (Lipinski definition) is 0. The number of anilines is 1. The quantitative estimate of drug-likeness (QED) is 0.832. The monoisotopic (exact) mass is 301 g/mol. The Morgan fingerprint density at radius 2 is 1.81 bits per heavy atom. The lowest BCUT2D eigenvalue weighted by Gasteiger charge is -2.21. The Bertz CT molecular complexity index is 618. The summed E-state index contributed by atoms with van der Waals surface area (Å²) in [6, 6.07) is 1.83. The SMILES string of the molecule is O=C(c1cscn1)N1C[C@@H]2CN(c3ncccn3)C[C@@H]2C1. The summed E-state index contributed by atoms with van der Waals surface area (Å²) in [4.78, 5) is 29.2. The highest BCUT2D eigenvalue weighted by Gasteiger charge is 2.42. The molecule has 21 heavy (non-hydrogen) atoms. The molecular formula is C14H15N5OS. The average Bonchev–Trinajstić information content (AvgIpc) is 3.23. The Morgan fingerprint density at radius 3 is 2.43 bits per heavy atom. The minimum atomic E-state index is 0.0631. The van der Waals surface area contributed by atoms with Crippen LogP contribution in [0, 0.1) is 11.8 Å².